The lowest BCUT2D eigenvalue weighted by atomic mass is 10.2. The minimum Gasteiger partial charge on any atom is -0.497 e. The van der Waals surface area contributed by atoms with Crippen molar-refractivity contribution >= 4 is 35.0 Å². The number of carbonyl (C=O) groups is 2. The number of hydrogen-bond acceptors (Lipinski definition) is 6. The first-order valence-corrected chi connectivity index (χ1v) is 10.4. The maximum atomic E-state index is 13.0. The van der Waals surface area contributed by atoms with E-state index in [2.05, 4.69) is 20.5 Å². The normalized spacial score (nSPS) is 15.9. The van der Waals surface area contributed by atoms with Crippen LogP contribution in [-0.4, -0.2) is 45.9 Å². The van der Waals surface area contributed by atoms with E-state index in [4.69, 9.17) is 4.74 Å². The third-order valence-corrected chi connectivity index (χ3v) is 5.61. The number of hydrogen-bond donors (Lipinski definition) is 2. The Labute approximate surface area is 178 Å². The SMILES string of the molecule is COc1ccc(-c2nc(SCC(=O)N3c4ccccc4NC(=O)C[C@H]3C)n[nH]2)cc1. The smallest absolute Gasteiger partial charge is 0.237 e. The highest BCUT2D eigenvalue weighted by Gasteiger charge is 2.29. The molecule has 154 valence electrons. The topological polar surface area (TPSA) is 100 Å². The van der Waals surface area contributed by atoms with Gasteiger partial charge in [0.15, 0.2) is 5.82 Å². The number of anilines is 2. The summed E-state index contributed by atoms with van der Waals surface area (Å²) in [6, 6.07) is 14.6. The fourth-order valence-corrected chi connectivity index (χ4v) is 4.01. The van der Waals surface area contributed by atoms with Crippen LogP contribution in [0.15, 0.2) is 53.7 Å². The standard InChI is InChI=1S/C21H21N5O3S/c1-13-11-18(27)22-16-5-3-4-6-17(16)26(13)19(28)12-30-21-23-20(24-25-21)14-7-9-15(29-2)10-8-14/h3-10,13H,11-12H2,1-2H3,(H,22,27)(H,23,24,25)/t13-/m1/s1. The number of fused-ring (bicyclic) bond motifs is 1. The molecule has 0 bridgehead atoms. The lowest BCUT2D eigenvalue weighted by Crippen LogP contribution is -2.40. The molecule has 0 unspecified atom stereocenters. The molecule has 1 aliphatic rings. The Hall–Kier alpha value is -3.33. The van der Waals surface area contributed by atoms with Gasteiger partial charge in [0.05, 0.1) is 24.2 Å². The monoisotopic (exact) mass is 423 g/mol. The van der Waals surface area contributed by atoms with Crippen molar-refractivity contribution in [2.45, 2.75) is 24.5 Å². The summed E-state index contributed by atoms with van der Waals surface area (Å²) >= 11 is 1.25. The van der Waals surface area contributed by atoms with Crippen molar-refractivity contribution in [3.05, 3.63) is 48.5 Å². The zero-order chi connectivity index (χ0) is 21.1. The molecule has 0 saturated carbocycles. The third kappa shape index (κ3) is 4.16. The van der Waals surface area contributed by atoms with E-state index in [9.17, 15) is 9.59 Å². The largest absolute Gasteiger partial charge is 0.497 e. The minimum atomic E-state index is -0.247. The molecule has 2 heterocycles. The highest BCUT2D eigenvalue weighted by molar-refractivity contribution is 7.99. The van der Waals surface area contributed by atoms with Gasteiger partial charge in [-0.25, -0.2) is 4.98 Å². The van der Waals surface area contributed by atoms with Gasteiger partial charge in [-0.15, -0.1) is 5.10 Å². The first-order valence-electron chi connectivity index (χ1n) is 9.45. The maximum absolute atomic E-state index is 13.0. The molecular formula is C21H21N5O3S. The summed E-state index contributed by atoms with van der Waals surface area (Å²) in [6.45, 7) is 1.87. The summed E-state index contributed by atoms with van der Waals surface area (Å²) in [6.07, 6.45) is 0.243. The van der Waals surface area contributed by atoms with E-state index in [0.717, 1.165) is 11.3 Å². The van der Waals surface area contributed by atoms with Crippen LogP contribution >= 0.6 is 11.8 Å². The zero-order valence-electron chi connectivity index (χ0n) is 16.6. The van der Waals surface area contributed by atoms with Gasteiger partial charge >= 0.3 is 0 Å². The molecule has 1 aliphatic heterocycles. The molecule has 9 heteroatoms. The van der Waals surface area contributed by atoms with Crippen molar-refractivity contribution in [3.8, 4) is 17.1 Å². The molecular weight excluding hydrogens is 402 g/mol. The van der Waals surface area contributed by atoms with Gasteiger partial charge in [-0.1, -0.05) is 23.9 Å². The molecule has 2 N–H and O–H groups in total. The van der Waals surface area contributed by atoms with Gasteiger partial charge in [0.2, 0.25) is 17.0 Å². The van der Waals surface area contributed by atoms with Crippen LogP contribution in [0.2, 0.25) is 0 Å². The molecule has 4 rings (SSSR count). The first kappa shape index (κ1) is 20.0. The maximum Gasteiger partial charge on any atom is 0.237 e. The molecule has 1 aromatic heterocycles. The average Bonchev–Trinajstić information content (AvgIpc) is 3.17. The second-order valence-corrected chi connectivity index (χ2v) is 7.81. The van der Waals surface area contributed by atoms with Gasteiger partial charge in [-0.3, -0.25) is 14.7 Å². The lowest BCUT2D eigenvalue weighted by Gasteiger charge is -2.27. The predicted octanol–water partition coefficient (Wildman–Crippen LogP) is 3.34. The van der Waals surface area contributed by atoms with Gasteiger partial charge in [-0.05, 0) is 43.3 Å². The number of methoxy groups -OCH3 is 1. The number of rotatable bonds is 5. The van der Waals surface area contributed by atoms with Gasteiger partial charge in [0, 0.05) is 18.0 Å². The Kier molecular flexibility index (Phi) is 5.71. The summed E-state index contributed by atoms with van der Waals surface area (Å²) in [5.74, 6) is 1.34. The third-order valence-electron chi connectivity index (χ3n) is 4.78. The van der Waals surface area contributed by atoms with E-state index < -0.39 is 0 Å². The van der Waals surface area contributed by atoms with Crippen LogP contribution in [0.1, 0.15) is 13.3 Å². The number of para-hydroxylation sites is 2. The van der Waals surface area contributed by atoms with E-state index in [1.165, 1.54) is 11.8 Å². The number of aromatic amines is 1. The van der Waals surface area contributed by atoms with Crippen molar-refractivity contribution < 1.29 is 14.3 Å². The van der Waals surface area contributed by atoms with Crippen molar-refractivity contribution in [1.29, 1.82) is 0 Å². The van der Waals surface area contributed by atoms with Crippen LogP contribution in [0.4, 0.5) is 11.4 Å². The van der Waals surface area contributed by atoms with Crippen LogP contribution in [0.3, 0.4) is 0 Å². The molecule has 2 amide bonds. The van der Waals surface area contributed by atoms with Gasteiger partial charge in [0.1, 0.15) is 5.75 Å². The number of H-pyrrole nitrogens is 1. The molecule has 0 spiro atoms. The van der Waals surface area contributed by atoms with Crippen molar-refractivity contribution in [1.82, 2.24) is 15.2 Å². The molecule has 2 aromatic carbocycles. The molecule has 0 saturated heterocycles. The van der Waals surface area contributed by atoms with Crippen LogP contribution in [0.5, 0.6) is 5.75 Å². The second-order valence-electron chi connectivity index (χ2n) is 6.87. The Morgan fingerprint density at radius 3 is 2.77 bits per heavy atom. The molecule has 0 fully saturated rings. The van der Waals surface area contributed by atoms with E-state index in [1.807, 2.05) is 49.4 Å². The Balaban J connectivity index is 1.47. The number of carbonyl (C=O) groups excluding carboxylic acids is 2. The highest BCUT2D eigenvalue weighted by atomic mass is 32.2. The number of ether oxygens (including phenoxy) is 1. The van der Waals surface area contributed by atoms with Crippen molar-refractivity contribution in [2.24, 2.45) is 0 Å². The van der Waals surface area contributed by atoms with Gasteiger partial charge < -0.3 is 15.0 Å². The molecule has 0 radical (unpaired) electrons. The quantitative estimate of drug-likeness (QED) is 0.611. The van der Waals surface area contributed by atoms with Gasteiger partial charge in [-0.2, -0.15) is 0 Å². The van der Waals surface area contributed by atoms with E-state index in [1.54, 1.807) is 18.1 Å². The van der Waals surface area contributed by atoms with Crippen molar-refractivity contribution in [2.75, 3.05) is 23.1 Å². The van der Waals surface area contributed by atoms with Crippen LogP contribution in [-0.2, 0) is 9.59 Å². The molecule has 8 nitrogen and oxygen atoms in total. The van der Waals surface area contributed by atoms with Crippen LogP contribution in [0.25, 0.3) is 11.4 Å². The zero-order valence-corrected chi connectivity index (χ0v) is 17.4. The first-order chi connectivity index (χ1) is 14.5. The molecule has 0 aliphatic carbocycles. The number of benzene rings is 2. The minimum absolute atomic E-state index is 0.101. The second kappa shape index (κ2) is 8.58. The number of thioether (sulfide) groups is 1. The Morgan fingerprint density at radius 2 is 2.00 bits per heavy atom. The van der Waals surface area contributed by atoms with Crippen molar-refractivity contribution in [3.63, 3.8) is 0 Å². The summed E-state index contributed by atoms with van der Waals surface area (Å²) in [4.78, 5) is 31.3. The summed E-state index contributed by atoms with van der Waals surface area (Å²) in [7, 11) is 1.62. The molecule has 30 heavy (non-hydrogen) atoms. The van der Waals surface area contributed by atoms with E-state index in [-0.39, 0.29) is 30.0 Å². The molecule has 1 atom stereocenters. The summed E-state index contributed by atoms with van der Waals surface area (Å²) in [5.41, 5.74) is 2.22. The Morgan fingerprint density at radius 1 is 1.23 bits per heavy atom. The van der Waals surface area contributed by atoms with E-state index >= 15 is 0 Å². The fraction of sp³-hybridized carbons (Fsp3) is 0.238. The Bertz CT molecular complexity index is 1070. The lowest BCUT2D eigenvalue weighted by molar-refractivity contribution is -0.117. The number of nitrogens with zero attached hydrogens (tertiary/aromatic N) is 3. The predicted molar refractivity (Wildman–Crippen MR) is 116 cm³/mol. The number of amides is 2. The highest BCUT2D eigenvalue weighted by Crippen LogP contribution is 2.32. The van der Waals surface area contributed by atoms with E-state index in [0.29, 0.717) is 22.4 Å². The summed E-state index contributed by atoms with van der Waals surface area (Å²) < 4.78 is 5.16. The average molecular weight is 423 g/mol. The van der Waals surface area contributed by atoms with Gasteiger partial charge in [0.25, 0.3) is 0 Å². The van der Waals surface area contributed by atoms with Crippen LogP contribution < -0.4 is 15.0 Å². The number of nitrogens with one attached hydrogen (secondary N) is 2. The summed E-state index contributed by atoms with van der Waals surface area (Å²) in [5, 5.41) is 10.5. The van der Waals surface area contributed by atoms with Crippen LogP contribution in [0, 0.1) is 0 Å². The molecule has 3 aromatic rings. The fourth-order valence-electron chi connectivity index (χ4n) is 3.35. The number of aromatic nitrogens is 3.